The molecule has 7 heteroatoms. The van der Waals surface area contributed by atoms with E-state index in [2.05, 4.69) is 4.74 Å². The molecule has 0 amide bonds. The van der Waals surface area contributed by atoms with Gasteiger partial charge in [0.1, 0.15) is 17.1 Å². The lowest BCUT2D eigenvalue weighted by Gasteiger charge is -2.16. The number of phenolic OH excluding ortho intramolecular Hbond substituents is 1. The summed E-state index contributed by atoms with van der Waals surface area (Å²) in [4.78, 5) is 23.1. The smallest absolute Gasteiger partial charge is 0.345 e. The Morgan fingerprint density at radius 1 is 1.32 bits per heavy atom. The minimum absolute atomic E-state index is 0.0265. The van der Waals surface area contributed by atoms with E-state index in [1.54, 1.807) is 6.92 Å². The van der Waals surface area contributed by atoms with E-state index in [0.717, 1.165) is 5.57 Å². The summed E-state index contributed by atoms with van der Waals surface area (Å²) >= 11 is 0. The molecular weight excluding hydrogens is 328 g/mol. The second kappa shape index (κ2) is 7.57. The molecule has 1 heterocycles. The normalized spacial score (nSPS) is 16.4. The van der Waals surface area contributed by atoms with Gasteiger partial charge in [0.05, 0.1) is 14.2 Å². The average molecular weight is 350 g/mol. The van der Waals surface area contributed by atoms with Crippen LogP contribution in [0.1, 0.15) is 53.1 Å². The van der Waals surface area contributed by atoms with Crippen LogP contribution in [0.3, 0.4) is 0 Å². The largest absolute Gasteiger partial charge is 0.507 e. The number of cyclic esters (lactones) is 1. The van der Waals surface area contributed by atoms with E-state index >= 15 is 0 Å². The summed E-state index contributed by atoms with van der Waals surface area (Å²) in [5.74, 6) is -0.918. The second-order valence-electron chi connectivity index (χ2n) is 5.86. The fourth-order valence-corrected chi connectivity index (χ4v) is 2.90. The number of carbonyl (C=O) groups is 2. The number of ether oxygens (including phenoxy) is 3. The van der Waals surface area contributed by atoms with Crippen LogP contribution >= 0.6 is 0 Å². The van der Waals surface area contributed by atoms with Gasteiger partial charge in [-0.25, -0.2) is 4.79 Å². The third-order valence-electron chi connectivity index (χ3n) is 4.29. The number of benzene rings is 1. The topological polar surface area (TPSA) is 102 Å². The Balaban J connectivity index is 2.35. The number of aliphatic hydroxyl groups excluding tert-OH is 1. The summed E-state index contributed by atoms with van der Waals surface area (Å²) in [6.45, 7) is 3.56. The molecule has 1 aromatic carbocycles. The van der Waals surface area contributed by atoms with E-state index < -0.39 is 12.3 Å². The van der Waals surface area contributed by atoms with Gasteiger partial charge in [0, 0.05) is 23.1 Å². The van der Waals surface area contributed by atoms with Crippen LogP contribution in [0.25, 0.3) is 0 Å². The molecule has 1 aliphatic rings. The van der Waals surface area contributed by atoms with Crippen LogP contribution in [-0.2, 0) is 20.7 Å². The number of aliphatic hydroxyl groups is 1. The van der Waals surface area contributed by atoms with Crippen LogP contribution < -0.4 is 4.74 Å². The molecule has 1 aliphatic heterocycles. The van der Waals surface area contributed by atoms with Gasteiger partial charge >= 0.3 is 11.9 Å². The summed E-state index contributed by atoms with van der Waals surface area (Å²) in [5.41, 5.74) is 2.12. The predicted molar refractivity (Wildman–Crippen MR) is 88.5 cm³/mol. The summed E-state index contributed by atoms with van der Waals surface area (Å²) in [6.07, 6.45) is 1.54. The Bertz CT molecular complexity index is 734. The highest BCUT2D eigenvalue weighted by Crippen LogP contribution is 2.45. The molecular formula is C18H22O7. The van der Waals surface area contributed by atoms with Gasteiger partial charge in [-0.3, -0.25) is 4.79 Å². The van der Waals surface area contributed by atoms with E-state index in [9.17, 15) is 19.8 Å². The molecule has 1 atom stereocenters. The van der Waals surface area contributed by atoms with Crippen LogP contribution in [0.15, 0.2) is 11.6 Å². The minimum atomic E-state index is -1.41. The van der Waals surface area contributed by atoms with E-state index in [-0.39, 0.29) is 29.3 Å². The zero-order valence-corrected chi connectivity index (χ0v) is 14.7. The van der Waals surface area contributed by atoms with Gasteiger partial charge in [-0.1, -0.05) is 11.6 Å². The molecule has 0 saturated carbocycles. The molecule has 0 bridgehead atoms. The van der Waals surface area contributed by atoms with E-state index in [0.29, 0.717) is 29.7 Å². The lowest BCUT2D eigenvalue weighted by molar-refractivity contribution is -0.140. The summed E-state index contributed by atoms with van der Waals surface area (Å²) in [5, 5.41) is 20.4. The Kier molecular flexibility index (Phi) is 5.69. The predicted octanol–water partition coefficient (Wildman–Crippen LogP) is 2.31. The first-order valence-corrected chi connectivity index (χ1v) is 7.85. The van der Waals surface area contributed by atoms with Gasteiger partial charge in [0.15, 0.2) is 0 Å². The molecule has 0 unspecified atom stereocenters. The summed E-state index contributed by atoms with van der Waals surface area (Å²) < 4.78 is 14.8. The number of carbonyl (C=O) groups excluding carboxylic acids is 2. The third-order valence-corrected chi connectivity index (χ3v) is 4.29. The Hall–Kier alpha value is -2.54. The molecule has 0 aliphatic carbocycles. The van der Waals surface area contributed by atoms with Gasteiger partial charge in [-0.05, 0) is 26.7 Å². The molecule has 0 fully saturated rings. The summed E-state index contributed by atoms with van der Waals surface area (Å²) in [6, 6.07) is 0. The maximum Gasteiger partial charge on any atom is 0.345 e. The van der Waals surface area contributed by atoms with Crippen molar-refractivity contribution >= 4 is 11.9 Å². The van der Waals surface area contributed by atoms with Crippen LogP contribution in [0.2, 0.25) is 0 Å². The number of methoxy groups -OCH3 is 2. The first-order chi connectivity index (χ1) is 11.8. The van der Waals surface area contributed by atoms with E-state index in [1.165, 1.54) is 14.2 Å². The number of esters is 2. The van der Waals surface area contributed by atoms with E-state index in [1.807, 2.05) is 13.0 Å². The van der Waals surface area contributed by atoms with Crippen molar-refractivity contribution in [2.45, 2.75) is 39.4 Å². The van der Waals surface area contributed by atoms with Gasteiger partial charge in [-0.2, -0.15) is 0 Å². The Morgan fingerprint density at radius 2 is 2.00 bits per heavy atom. The van der Waals surface area contributed by atoms with Gasteiger partial charge in [0.2, 0.25) is 6.29 Å². The number of aromatic hydroxyl groups is 1. The molecule has 0 spiro atoms. The second-order valence-corrected chi connectivity index (χ2v) is 5.86. The zero-order chi connectivity index (χ0) is 18.7. The van der Waals surface area contributed by atoms with Crippen molar-refractivity contribution in [1.82, 2.24) is 0 Å². The highest BCUT2D eigenvalue weighted by atomic mass is 16.6. The number of hydrogen-bond acceptors (Lipinski definition) is 7. The maximum atomic E-state index is 11.9. The van der Waals surface area contributed by atoms with Crippen molar-refractivity contribution in [3.63, 3.8) is 0 Å². The van der Waals surface area contributed by atoms with Crippen LogP contribution in [0.5, 0.6) is 11.5 Å². The highest BCUT2D eigenvalue weighted by molar-refractivity contribution is 5.98. The lowest BCUT2D eigenvalue weighted by Crippen LogP contribution is -2.04. The number of rotatable bonds is 6. The first kappa shape index (κ1) is 18.8. The highest BCUT2D eigenvalue weighted by Gasteiger charge is 2.37. The summed E-state index contributed by atoms with van der Waals surface area (Å²) in [7, 11) is 2.79. The van der Waals surface area contributed by atoms with Crippen molar-refractivity contribution in [2.75, 3.05) is 14.2 Å². The van der Waals surface area contributed by atoms with Gasteiger partial charge in [-0.15, -0.1) is 0 Å². The molecule has 2 rings (SSSR count). The molecule has 2 N–H and O–H groups in total. The van der Waals surface area contributed by atoms with E-state index in [4.69, 9.17) is 9.47 Å². The van der Waals surface area contributed by atoms with Crippen molar-refractivity contribution in [1.29, 1.82) is 0 Å². The third kappa shape index (κ3) is 3.61. The minimum Gasteiger partial charge on any atom is -0.507 e. The van der Waals surface area contributed by atoms with Crippen molar-refractivity contribution in [3.8, 4) is 11.5 Å². The van der Waals surface area contributed by atoms with Gasteiger partial charge < -0.3 is 24.4 Å². The van der Waals surface area contributed by atoms with Crippen LogP contribution in [0.4, 0.5) is 0 Å². The fraction of sp³-hybridized carbons (Fsp3) is 0.444. The Labute approximate surface area is 145 Å². The monoisotopic (exact) mass is 350 g/mol. The molecule has 1 aromatic rings. The number of allylic oxidation sites excluding steroid dienone is 2. The number of phenols is 1. The SMILES string of the molecule is COC(=O)CCC(C)=CCc1c(O)c2c(c(C)c1OC)[C@@H](O)OC2=O. The Morgan fingerprint density at radius 3 is 2.60 bits per heavy atom. The maximum absolute atomic E-state index is 11.9. The van der Waals surface area contributed by atoms with Crippen molar-refractivity contribution in [2.24, 2.45) is 0 Å². The standard InChI is InChI=1S/C18H22O7/c1-9(6-8-12(19)23-3)5-7-11-15(20)14-13(10(2)16(11)24-4)17(21)25-18(14)22/h5,17,20-21H,6-8H2,1-4H3/t17-/m0/s1. The molecule has 0 aromatic heterocycles. The number of fused-ring (bicyclic) bond motifs is 1. The van der Waals surface area contributed by atoms with Crippen LogP contribution in [-0.4, -0.2) is 36.4 Å². The molecule has 0 radical (unpaired) electrons. The molecule has 25 heavy (non-hydrogen) atoms. The van der Waals surface area contributed by atoms with Crippen molar-refractivity contribution < 1.29 is 34.0 Å². The van der Waals surface area contributed by atoms with Gasteiger partial charge in [0.25, 0.3) is 0 Å². The molecule has 7 nitrogen and oxygen atoms in total. The average Bonchev–Trinajstić information content (AvgIpc) is 2.89. The fourth-order valence-electron chi connectivity index (χ4n) is 2.90. The quantitative estimate of drug-likeness (QED) is 0.599. The zero-order valence-electron chi connectivity index (χ0n) is 14.7. The van der Waals surface area contributed by atoms with Crippen molar-refractivity contribution in [3.05, 3.63) is 33.9 Å². The lowest BCUT2D eigenvalue weighted by atomic mass is 9.94. The first-order valence-electron chi connectivity index (χ1n) is 7.85. The van der Waals surface area contributed by atoms with Crippen LogP contribution in [0, 0.1) is 6.92 Å². The number of hydrogen-bond donors (Lipinski definition) is 2. The molecule has 136 valence electrons. The molecule has 0 saturated heterocycles.